The Bertz CT molecular complexity index is 1120. The van der Waals surface area contributed by atoms with E-state index < -0.39 is 15.9 Å². The van der Waals surface area contributed by atoms with Gasteiger partial charge >= 0.3 is 0 Å². The Morgan fingerprint density at radius 1 is 1.00 bits per heavy atom. The molecule has 3 N–H and O–H groups in total. The fraction of sp³-hybridized carbons (Fsp3) is 0.417. The summed E-state index contributed by atoms with van der Waals surface area (Å²) in [6, 6.07) is 10.9. The Kier molecular flexibility index (Phi) is 8.16. The van der Waals surface area contributed by atoms with Crippen LogP contribution in [0.25, 0.3) is 0 Å². The van der Waals surface area contributed by atoms with E-state index in [9.17, 15) is 18.0 Å². The molecular weight excluding hydrogens is 456 g/mol. The van der Waals surface area contributed by atoms with Crippen LogP contribution in [0.4, 0.5) is 5.69 Å². The molecule has 0 saturated carbocycles. The molecule has 3 rings (SSSR count). The molecule has 1 aliphatic rings. The first kappa shape index (κ1) is 25.5. The molecule has 1 aliphatic heterocycles. The highest BCUT2D eigenvalue weighted by atomic mass is 32.2. The van der Waals surface area contributed by atoms with Crippen molar-refractivity contribution in [2.24, 2.45) is 5.92 Å². The van der Waals surface area contributed by atoms with Gasteiger partial charge in [-0.05, 0) is 69.0 Å². The summed E-state index contributed by atoms with van der Waals surface area (Å²) in [6.07, 6.45) is 0.768. The molecule has 1 heterocycles. The van der Waals surface area contributed by atoms with Gasteiger partial charge in [0.1, 0.15) is 5.75 Å². The number of anilines is 1. The molecule has 184 valence electrons. The van der Waals surface area contributed by atoms with Gasteiger partial charge in [-0.3, -0.25) is 20.4 Å². The molecule has 1 saturated heterocycles. The molecular formula is C24H32N4O5S. The molecule has 0 atom stereocenters. The van der Waals surface area contributed by atoms with Crippen molar-refractivity contribution < 1.29 is 22.7 Å². The van der Waals surface area contributed by atoms with Gasteiger partial charge in [-0.2, -0.15) is 4.31 Å². The number of nitrogens with zero attached hydrogens (tertiary/aromatic N) is 1. The normalized spacial score (nSPS) is 14.9. The third-order valence-electron chi connectivity index (χ3n) is 5.90. The number of methoxy groups -OCH3 is 1. The van der Waals surface area contributed by atoms with Gasteiger partial charge < -0.3 is 10.1 Å². The largest absolute Gasteiger partial charge is 0.497 e. The van der Waals surface area contributed by atoms with Crippen LogP contribution in [0, 0.1) is 26.7 Å². The van der Waals surface area contributed by atoms with Crippen LogP contribution < -0.4 is 20.9 Å². The summed E-state index contributed by atoms with van der Waals surface area (Å²) in [7, 11) is -2.06. The summed E-state index contributed by atoms with van der Waals surface area (Å²) >= 11 is 0. The molecule has 2 aromatic carbocycles. The minimum absolute atomic E-state index is 0.0153. The zero-order valence-electron chi connectivity index (χ0n) is 20.0. The number of carbonyl (C=O) groups excluding carboxylic acids is 2. The quantitative estimate of drug-likeness (QED) is 0.515. The van der Waals surface area contributed by atoms with E-state index in [4.69, 9.17) is 4.74 Å². The van der Waals surface area contributed by atoms with Crippen LogP contribution in [0.15, 0.2) is 41.3 Å². The van der Waals surface area contributed by atoms with Gasteiger partial charge in [0.2, 0.25) is 15.9 Å². The Labute approximate surface area is 200 Å². The number of sulfonamides is 1. The van der Waals surface area contributed by atoms with Crippen LogP contribution >= 0.6 is 0 Å². The molecule has 2 amide bonds. The predicted octanol–water partition coefficient (Wildman–Crippen LogP) is 2.28. The lowest BCUT2D eigenvalue weighted by molar-refractivity contribution is -0.131. The van der Waals surface area contributed by atoms with Gasteiger partial charge in [0.15, 0.2) is 0 Å². The number of carbonyl (C=O) groups is 2. The van der Waals surface area contributed by atoms with Crippen molar-refractivity contribution in [1.82, 2.24) is 15.2 Å². The van der Waals surface area contributed by atoms with Gasteiger partial charge in [0, 0.05) is 24.7 Å². The van der Waals surface area contributed by atoms with E-state index in [1.807, 2.05) is 19.1 Å². The fourth-order valence-corrected chi connectivity index (χ4v) is 6.11. The molecule has 2 aromatic rings. The highest BCUT2D eigenvalue weighted by Crippen LogP contribution is 2.28. The van der Waals surface area contributed by atoms with Crippen LogP contribution in [0.3, 0.4) is 0 Å². The molecule has 0 aliphatic carbocycles. The Morgan fingerprint density at radius 2 is 1.59 bits per heavy atom. The molecule has 34 heavy (non-hydrogen) atoms. The van der Waals surface area contributed by atoms with Crippen LogP contribution in [0.5, 0.6) is 5.75 Å². The maximum absolute atomic E-state index is 13.2. The summed E-state index contributed by atoms with van der Waals surface area (Å²) in [5, 5.41) is 2.96. The summed E-state index contributed by atoms with van der Waals surface area (Å²) in [4.78, 5) is 24.9. The zero-order valence-corrected chi connectivity index (χ0v) is 20.8. The number of hydrogen-bond acceptors (Lipinski definition) is 6. The van der Waals surface area contributed by atoms with Crippen LogP contribution in [-0.4, -0.2) is 51.3 Å². The first-order valence-electron chi connectivity index (χ1n) is 11.2. The molecule has 0 bridgehead atoms. The van der Waals surface area contributed by atoms with Gasteiger partial charge in [0.05, 0.1) is 18.6 Å². The van der Waals surface area contributed by atoms with Gasteiger partial charge in [-0.1, -0.05) is 17.7 Å². The summed E-state index contributed by atoms with van der Waals surface area (Å²) in [5.74, 6) is -0.376. The van der Waals surface area contributed by atoms with Gasteiger partial charge in [-0.25, -0.2) is 8.42 Å². The van der Waals surface area contributed by atoms with Gasteiger partial charge in [-0.15, -0.1) is 0 Å². The molecule has 0 aromatic heterocycles. The summed E-state index contributed by atoms with van der Waals surface area (Å²) < 4.78 is 33.0. The first-order chi connectivity index (χ1) is 16.1. The topological polar surface area (TPSA) is 117 Å². The van der Waals surface area contributed by atoms with Crippen molar-refractivity contribution in [2.45, 2.75) is 38.5 Å². The number of hydrogen-bond donors (Lipinski definition) is 3. The summed E-state index contributed by atoms with van der Waals surface area (Å²) in [6.45, 7) is 6.03. The fourth-order valence-electron chi connectivity index (χ4n) is 4.23. The SMILES string of the molecule is COc1ccc(NCC(=O)NNC(=O)C2CCN(S(=O)(=O)c3c(C)cc(C)cc3C)CC2)cc1. The minimum Gasteiger partial charge on any atom is -0.497 e. The van der Waals surface area contributed by atoms with Crippen LogP contribution in [0.2, 0.25) is 0 Å². The predicted molar refractivity (Wildman–Crippen MR) is 130 cm³/mol. The Morgan fingerprint density at radius 3 is 2.15 bits per heavy atom. The summed E-state index contributed by atoms with van der Waals surface area (Å²) in [5.41, 5.74) is 8.07. The second kappa shape index (κ2) is 10.9. The Hall–Kier alpha value is -3.11. The first-order valence-corrected chi connectivity index (χ1v) is 12.6. The van der Waals surface area contributed by atoms with E-state index in [0.29, 0.717) is 23.5 Å². The smallest absolute Gasteiger partial charge is 0.257 e. The molecule has 0 unspecified atom stereocenters. The van der Waals surface area contributed by atoms with E-state index in [1.165, 1.54) is 4.31 Å². The highest BCUT2D eigenvalue weighted by molar-refractivity contribution is 7.89. The number of amides is 2. The number of ether oxygens (including phenoxy) is 1. The lowest BCUT2D eigenvalue weighted by Crippen LogP contribution is -2.49. The third-order valence-corrected chi connectivity index (χ3v) is 8.10. The second-order valence-electron chi connectivity index (χ2n) is 8.53. The van der Waals surface area contributed by atoms with E-state index in [2.05, 4.69) is 16.2 Å². The van der Waals surface area contributed by atoms with Gasteiger partial charge in [0.25, 0.3) is 5.91 Å². The van der Waals surface area contributed by atoms with Crippen molar-refractivity contribution in [2.75, 3.05) is 32.1 Å². The molecule has 0 radical (unpaired) electrons. The maximum atomic E-state index is 13.2. The highest BCUT2D eigenvalue weighted by Gasteiger charge is 2.33. The molecule has 10 heteroatoms. The number of aryl methyl sites for hydroxylation is 3. The number of piperidine rings is 1. The van der Waals surface area contributed by atoms with E-state index in [1.54, 1.807) is 45.2 Å². The third kappa shape index (κ3) is 6.06. The molecule has 0 spiro atoms. The van der Waals surface area contributed by atoms with Crippen molar-refractivity contribution in [3.05, 3.63) is 53.1 Å². The average molecular weight is 489 g/mol. The lowest BCUT2D eigenvalue weighted by Gasteiger charge is -2.31. The standard InChI is InChI=1S/C24H32N4O5S/c1-16-13-17(2)23(18(3)14-16)34(31,32)28-11-9-19(10-12-28)24(30)27-26-22(29)15-25-20-5-7-21(33-4)8-6-20/h5-8,13-14,19,25H,9-12,15H2,1-4H3,(H,26,29)(H,27,30). The van der Waals surface area contributed by atoms with Crippen LogP contribution in [-0.2, 0) is 19.6 Å². The number of rotatable bonds is 7. The van der Waals surface area contributed by atoms with Crippen molar-refractivity contribution in [1.29, 1.82) is 0 Å². The Balaban J connectivity index is 1.47. The second-order valence-corrected chi connectivity index (χ2v) is 10.4. The number of nitrogens with one attached hydrogen (secondary N) is 3. The lowest BCUT2D eigenvalue weighted by atomic mass is 9.98. The number of hydrazine groups is 1. The maximum Gasteiger partial charge on any atom is 0.257 e. The zero-order chi connectivity index (χ0) is 24.9. The van der Waals surface area contributed by atoms with E-state index >= 15 is 0 Å². The van der Waals surface area contributed by atoms with Crippen molar-refractivity contribution >= 4 is 27.5 Å². The van der Waals surface area contributed by atoms with Crippen molar-refractivity contribution in [3.8, 4) is 5.75 Å². The number of benzene rings is 2. The van der Waals surface area contributed by atoms with E-state index in [0.717, 1.165) is 22.4 Å². The van der Waals surface area contributed by atoms with Crippen molar-refractivity contribution in [3.63, 3.8) is 0 Å². The van der Waals surface area contributed by atoms with Crippen LogP contribution in [0.1, 0.15) is 29.5 Å². The molecule has 9 nitrogen and oxygen atoms in total. The molecule has 1 fully saturated rings. The van der Waals surface area contributed by atoms with E-state index in [-0.39, 0.29) is 31.5 Å². The monoisotopic (exact) mass is 488 g/mol. The average Bonchev–Trinajstić information content (AvgIpc) is 2.80. The minimum atomic E-state index is -3.64.